The topological polar surface area (TPSA) is 51.3 Å². The number of ether oxygens (including phenoxy) is 2. The Balaban J connectivity index is 1.45. The van der Waals surface area contributed by atoms with Gasteiger partial charge in [-0.3, -0.25) is 9.69 Å². The van der Waals surface area contributed by atoms with Gasteiger partial charge in [-0.15, -0.1) is 0 Å². The maximum absolute atomic E-state index is 14.7. The number of nitrogens with zero attached hydrogens (tertiary/aromatic N) is 1. The molecule has 1 saturated heterocycles. The van der Waals surface area contributed by atoms with Crippen molar-refractivity contribution in [3.8, 4) is 0 Å². The Kier molecular flexibility index (Phi) is 7.92. The molecular weight excluding hydrogens is 609 g/mol. The second-order valence-electron chi connectivity index (χ2n) is 14.7. The summed E-state index contributed by atoms with van der Waals surface area (Å²) in [6, 6.07) is 21.2. The van der Waals surface area contributed by atoms with Gasteiger partial charge in [-0.05, 0) is 86.3 Å². The molecule has 2 fully saturated rings. The minimum atomic E-state index is -1.95. The summed E-state index contributed by atoms with van der Waals surface area (Å²) in [6.07, 6.45) is 2.06. The molecular formula is C36H43Cl2NO4Si. The normalized spacial score (nSPS) is 24.8. The van der Waals surface area contributed by atoms with Gasteiger partial charge in [-0.25, -0.2) is 0 Å². The Morgan fingerprint density at radius 3 is 2.05 bits per heavy atom. The van der Waals surface area contributed by atoms with Gasteiger partial charge >= 0.3 is 0 Å². The molecule has 1 amide bonds. The zero-order chi connectivity index (χ0) is 31.7. The molecule has 3 atom stereocenters. The molecule has 3 aliphatic rings. The lowest BCUT2D eigenvalue weighted by atomic mass is 9.89. The van der Waals surface area contributed by atoms with Crippen molar-refractivity contribution in [2.45, 2.75) is 83.0 Å². The summed E-state index contributed by atoms with van der Waals surface area (Å²) >= 11 is 12.7. The molecule has 2 heterocycles. The van der Waals surface area contributed by atoms with Crippen LogP contribution in [0.1, 0.15) is 86.1 Å². The zero-order valence-electron chi connectivity index (χ0n) is 26.8. The smallest absolute Gasteiger partial charge is 0.257 e. The predicted molar refractivity (Wildman–Crippen MR) is 179 cm³/mol. The van der Waals surface area contributed by atoms with Gasteiger partial charge in [0.15, 0.2) is 14.0 Å². The van der Waals surface area contributed by atoms with E-state index >= 15 is 0 Å². The molecule has 1 unspecified atom stereocenters. The molecule has 234 valence electrons. The molecule has 0 radical (unpaired) electrons. The summed E-state index contributed by atoms with van der Waals surface area (Å²) in [5.74, 6) is -0.0779. The van der Waals surface area contributed by atoms with E-state index in [-0.39, 0.29) is 28.0 Å². The highest BCUT2D eigenvalue weighted by Crippen LogP contribution is 2.55. The summed E-state index contributed by atoms with van der Waals surface area (Å²) in [7, 11) is -1.95. The minimum Gasteiger partial charge on any atom is -0.416 e. The Morgan fingerprint density at radius 2 is 1.50 bits per heavy atom. The van der Waals surface area contributed by atoms with E-state index in [0.717, 1.165) is 35.1 Å². The third-order valence-electron chi connectivity index (χ3n) is 10.4. The lowest BCUT2D eigenvalue weighted by molar-refractivity contribution is -0.137. The maximum atomic E-state index is 14.7. The second kappa shape index (κ2) is 11.0. The number of hydrogen-bond acceptors (Lipinski definition) is 4. The van der Waals surface area contributed by atoms with Crippen molar-refractivity contribution in [1.29, 1.82) is 0 Å². The second-order valence-corrected chi connectivity index (χ2v) is 20.4. The summed E-state index contributed by atoms with van der Waals surface area (Å²) < 4.78 is 19.7. The number of carbonyl (C=O) groups excluding carboxylic acids is 1. The van der Waals surface area contributed by atoms with Crippen LogP contribution in [0.3, 0.4) is 0 Å². The first kappa shape index (κ1) is 31.8. The number of fused-ring (bicyclic) bond motifs is 1. The van der Waals surface area contributed by atoms with Gasteiger partial charge in [-0.2, -0.15) is 0 Å². The van der Waals surface area contributed by atoms with E-state index in [0.29, 0.717) is 35.4 Å². The van der Waals surface area contributed by atoms with Crippen LogP contribution in [-0.2, 0) is 25.2 Å². The lowest BCUT2D eigenvalue weighted by Gasteiger charge is -2.44. The highest BCUT2D eigenvalue weighted by atomic mass is 35.5. The van der Waals surface area contributed by atoms with Crippen LogP contribution in [0.15, 0.2) is 66.7 Å². The molecule has 6 rings (SSSR count). The monoisotopic (exact) mass is 651 g/mol. The van der Waals surface area contributed by atoms with E-state index in [1.807, 2.05) is 59.5 Å². The Hall–Kier alpha value is -2.19. The summed E-state index contributed by atoms with van der Waals surface area (Å²) in [6.45, 7) is 17.3. The van der Waals surface area contributed by atoms with E-state index < -0.39 is 14.0 Å². The number of hydrogen-bond donors (Lipinski definition) is 0. The quantitative estimate of drug-likeness (QED) is 0.162. The van der Waals surface area contributed by atoms with Crippen LogP contribution >= 0.6 is 23.2 Å². The van der Waals surface area contributed by atoms with Crippen LogP contribution in [0, 0.1) is 5.41 Å². The number of rotatable bonds is 10. The molecule has 1 saturated carbocycles. The molecule has 5 nitrogen and oxygen atoms in total. The largest absolute Gasteiger partial charge is 0.416 e. The predicted octanol–water partition coefficient (Wildman–Crippen LogP) is 9.48. The van der Waals surface area contributed by atoms with Crippen LogP contribution in [0.4, 0.5) is 0 Å². The Bertz CT molecular complexity index is 1560. The highest BCUT2D eigenvalue weighted by molar-refractivity contribution is 6.74. The third kappa shape index (κ3) is 5.56. The Morgan fingerprint density at radius 1 is 0.932 bits per heavy atom. The molecule has 1 aliphatic carbocycles. The van der Waals surface area contributed by atoms with Crippen molar-refractivity contribution in [2.24, 2.45) is 5.41 Å². The number of benzene rings is 3. The summed E-state index contributed by atoms with van der Waals surface area (Å²) in [4.78, 5) is 16.6. The van der Waals surface area contributed by atoms with Crippen LogP contribution < -0.4 is 0 Å². The molecule has 2 aliphatic heterocycles. The minimum absolute atomic E-state index is 0.0779. The zero-order valence-corrected chi connectivity index (χ0v) is 29.3. The van der Waals surface area contributed by atoms with Crippen LogP contribution in [-0.4, -0.2) is 38.9 Å². The molecule has 0 bridgehead atoms. The fourth-order valence-electron chi connectivity index (χ4n) is 5.88. The number of amides is 1. The number of carbonyl (C=O) groups is 1. The van der Waals surface area contributed by atoms with Crippen molar-refractivity contribution in [2.75, 3.05) is 19.8 Å². The first-order valence-electron chi connectivity index (χ1n) is 15.5. The Labute approximate surface area is 272 Å². The fraction of sp³-hybridized carbons (Fsp3) is 0.472. The SMILES string of the molecule is C[C@@H](c1ccc(Cl)cc1)N1C(=O)c2cc(C3(C)CO3)ccc2[C@]1(OCC1(CO[Si](C)(C)C(C)(C)C)CC1)c1ccc(Cl)cc1. The van der Waals surface area contributed by atoms with Crippen LogP contribution in [0.2, 0.25) is 28.2 Å². The maximum Gasteiger partial charge on any atom is 0.257 e. The standard InChI is InChI=1S/C36H43Cl2NO4Si/c1-24(25-8-13-28(37)14-9-25)39-32(40)30-20-27(34(5)21-41-34)12-17-31(30)36(39,26-10-15-29(38)16-11-26)42-22-35(18-19-35)23-43-44(6,7)33(2,3)4/h8-17,20,24H,18-19,21-23H2,1-7H3/t24-,34?,36+/m0/s1. The molecule has 3 aromatic carbocycles. The molecule has 44 heavy (non-hydrogen) atoms. The van der Waals surface area contributed by atoms with Gasteiger partial charge in [0.05, 0.1) is 19.3 Å². The van der Waals surface area contributed by atoms with Gasteiger partial charge in [0, 0.05) is 38.8 Å². The lowest BCUT2D eigenvalue weighted by Crippen LogP contribution is -2.49. The van der Waals surface area contributed by atoms with Gasteiger partial charge in [0.2, 0.25) is 0 Å². The van der Waals surface area contributed by atoms with E-state index in [9.17, 15) is 4.79 Å². The van der Waals surface area contributed by atoms with Gasteiger partial charge in [0.25, 0.3) is 5.91 Å². The third-order valence-corrected chi connectivity index (χ3v) is 15.4. The van der Waals surface area contributed by atoms with E-state index in [1.54, 1.807) is 0 Å². The molecule has 0 N–H and O–H groups in total. The van der Waals surface area contributed by atoms with E-state index in [4.69, 9.17) is 37.1 Å². The molecule has 8 heteroatoms. The van der Waals surface area contributed by atoms with Gasteiger partial charge in [-0.1, -0.05) is 80.4 Å². The van der Waals surface area contributed by atoms with Gasteiger partial charge in [0.1, 0.15) is 5.60 Å². The van der Waals surface area contributed by atoms with Crippen LogP contribution in [0.25, 0.3) is 0 Å². The number of halogens is 2. The molecule has 3 aromatic rings. The van der Waals surface area contributed by atoms with Crippen molar-refractivity contribution < 1.29 is 18.7 Å². The average molecular weight is 653 g/mol. The van der Waals surface area contributed by atoms with Crippen molar-refractivity contribution >= 4 is 37.4 Å². The van der Waals surface area contributed by atoms with Gasteiger partial charge < -0.3 is 13.9 Å². The number of epoxide rings is 1. The first-order valence-corrected chi connectivity index (χ1v) is 19.2. The summed E-state index contributed by atoms with van der Waals surface area (Å²) in [5.41, 5.74) is 2.66. The highest BCUT2D eigenvalue weighted by Gasteiger charge is 2.57. The van der Waals surface area contributed by atoms with E-state index in [2.05, 4.69) is 59.8 Å². The molecule has 0 aromatic heterocycles. The van der Waals surface area contributed by atoms with Crippen molar-refractivity contribution in [3.63, 3.8) is 0 Å². The molecule has 0 spiro atoms. The van der Waals surface area contributed by atoms with Crippen molar-refractivity contribution in [1.82, 2.24) is 4.90 Å². The van der Waals surface area contributed by atoms with Crippen molar-refractivity contribution in [3.05, 3.63) is 105 Å². The average Bonchev–Trinajstić information content (AvgIpc) is 3.91. The van der Waals surface area contributed by atoms with E-state index in [1.165, 1.54) is 0 Å². The van der Waals surface area contributed by atoms with Crippen LogP contribution in [0.5, 0.6) is 0 Å². The first-order chi connectivity index (χ1) is 20.6. The summed E-state index contributed by atoms with van der Waals surface area (Å²) in [5, 5.41) is 1.40. The fourth-order valence-corrected chi connectivity index (χ4v) is 7.23.